The van der Waals surface area contributed by atoms with E-state index in [0.717, 1.165) is 6.42 Å². The summed E-state index contributed by atoms with van der Waals surface area (Å²) in [7, 11) is 0. The van der Waals surface area contributed by atoms with Crippen LogP contribution >= 0.6 is 0 Å². The van der Waals surface area contributed by atoms with E-state index in [4.69, 9.17) is 5.11 Å². The molecule has 0 amide bonds. The first-order valence-corrected chi connectivity index (χ1v) is 7.54. The summed E-state index contributed by atoms with van der Waals surface area (Å²) in [5, 5.41) is 21.5. The average Bonchev–Trinajstić information content (AvgIpc) is 2.97. The Balaban J connectivity index is 2.08. The molecule has 0 spiro atoms. The number of hydrogen-bond donors (Lipinski definition) is 1. The third-order valence-corrected chi connectivity index (χ3v) is 3.51. The molecule has 0 bridgehead atoms. The molecule has 0 aliphatic heterocycles. The first-order valence-electron chi connectivity index (χ1n) is 7.54. The molecule has 24 heavy (non-hydrogen) atoms. The Bertz CT molecular complexity index is 880. The molecule has 7 nitrogen and oxygen atoms in total. The van der Waals surface area contributed by atoms with Crippen LogP contribution in [0.3, 0.4) is 0 Å². The lowest BCUT2D eigenvalue weighted by atomic mass is 10.2. The summed E-state index contributed by atoms with van der Waals surface area (Å²) in [5.41, 5.74) is 0.749. The van der Waals surface area contributed by atoms with Crippen LogP contribution < -0.4 is 4.90 Å². The van der Waals surface area contributed by atoms with Gasteiger partial charge in [0.15, 0.2) is 11.5 Å². The van der Waals surface area contributed by atoms with Crippen LogP contribution in [-0.2, 0) is 4.79 Å². The number of carboxylic acid groups (broad SMARTS) is 1. The van der Waals surface area contributed by atoms with E-state index in [2.05, 4.69) is 15.3 Å². The number of anilines is 1. The molecule has 2 aromatic heterocycles. The van der Waals surface area contributed by atoms with Gasteiger partial charge in [0.2, 0.25) is 0 Å². The summed E-state index contributed by atoms with van der Waals surface area (Å²) in [4.78, 5) is 12.7. The van der Waals surface area contributed by atoms with Gasteiger partial charge < -0.3 is 10.0 Å². The number of aliphatic carboxylic acids is 1. The molecular weight excluding hydrogens is 313 g/mol. The molecule has 3 aromatic rings. The number of benzene rings is 1. The standard InChI is InChI=1S/C16H16FN5O2/c1-2-9-21(10-15(23)24)14-8-7-13-18-19-16(22(13)20-14)11-5-3-4-6-12(11)17/h3-8H,2,9-10H2,1H3,(H,23,24). The van der Waals surface area contributed by atoms with E-state index in [1.165, 1.54) is 10.6 Å². The number of halogens is 1. The second kappa shape index (κ2) is 6.61. The smallest absolute Gasteiger partial charge is 0.323 e. The summed E-state index contributed by atoms with van der Waals surface area (Å²) in [6, 6.07) is 9.61. The lowest BCUT2D eigenvalue weighted by molar-refractivity contribution is -0.135. The summed E-state index contributed by atoms with van der Waals surface area (Å²) in [6.45, 7) is 2.34. The third kappa shape index (κ3) is 3.03. The molecule has 0 fully saturated rings. The number of aromatic nitrogens is 4. The molecule has 8 heteroatoms. The topological polar surface area (TPSA) is 83.6 Å². The number of nitrogens with zero attached hydrogens (tertiary/aromatic N) is 5. The van der Waals surface area contributed by atoms with Crippen LogP contribution in [0.2, 0.25) is 0 Å². The minimum Gasteiger partial charge on any atom is -0.480 e. The molecule has 2 heterocycles. The number of carbonyl (C=O) groups is 1. The van der Waals surface area contributed by atoms with Gasteiger partial charge in [0.25, 0.3) is 0 Å². The summed E-state index contributed by atoms with van der Waals surface area (Å²) >= 11 is 0. The minimum absolute atomic E-state index is 0.163. The van der Waals surface area contributed by atoms with E-state index >= 15 is 0 Å². The summed E-state index contributed by atoms with van der Waals surface area (Å²) in [5.74, 6) is -0.612. The molecular formula is C16H16FN5O2. The maximum Gasteiger partial charge on any atom is 0.323 e. The second-order valence-corrected chi connectivity index (χ2v) is 5.28. The SMILES string of the molecule is CCCN(CC(=O)O)c1ccc2nnc(-c3ccccc3F)n2n1. The third-order valence-electron chi connectivity index (χ3n) is 3.51. The van der Waals surface area contributed by atoms with Gasteiger partial charge in [0, 0.05) is 6.54 Å². The van der Waals surface area contributed by atoms with Gasteiger partial charge in [-0.3, -0.25) is 4.79 Å². The van der Waals surface area contributed by atoms with E-state index in [0.29, 0.717) is 18.0 Å². The Labute approximate surface area is 137 Å². The summed E-state index contributed by atoms with van der Waals surface area (Å²) < 4.78 is 15.5. The van der Waals surface area contributed by atoms with Crippen molar-refractivity contribution in [1.82, 2.24) is 19.8 Å². The highest BCUT2D eigenvalue weighted by Crippen LogP contribution is 2.22. The fraction of sp³-hybridized carbons (Fsp3) is 0.250. The number of hydrogen-bond acceptors (Lipinski definition) is 5. The number of carboxylic acids is 1. The zero-order valence-corrected chi connectivity index (χ0v) is 13.1. The van der Waals surface area contributed by atoms with Crippen molar-refractivity contribution in [3.8, 4) is 11.4 Å². The quantitative estimate of drug-likeness (QED) is 0.746. The predicted octanol–water partition coefficient (Wildman–Crippen LogP) is 2.23. The summed E-state index contributed by atoms with van der Waals surface area (Å²) in [6.07, 6.45) is 0.773. The van der Waals surface area contributed by atoms with Crippen molar-refractivity contribution < 1.29 is 14.3 Å². The van der Waals surface area contributed by atoms with Crippen molar-refractivity contribution in [2.45, 2.75) is 13.3 Å². The normalized spacial score (nSPS) is 10.9. The van der Waals surface area contributed by atoms with Gasteiger partial charge in [-0.2, -0.15) is 4.52 Å². The highest BCUT2D eigenvalue weighted by Gasteiger charge is 2.16. The lowest BCUT2D eigenvalue weighted by Crippen LogP contribution is -2.31. The maximum absolute atomic E-state index is 14.0. The van der Waals surface area contributed by atoms with Crippen LogP contribution in [-0.4, -0.2) is 44.0 Å². The van der Waals surface area contributed by atoms with Crippen LogP contribution in [0, 0.1) is 5.82 Å². The van der Waals surface area contributed by atoms with Crippen LogP contribution in [0.1, 0.15) is 13.3 Å². The Morgan fingerprint density at radius 3 is 2.75 bits per heavy atom. The van der Waals surface area contributed by atoms with Gasteiger partial charge in [-0.1, -0.05) is 19.1 Å². The van der Waals surface area contributed by atoms with Crippen molar-refractivity contribution >= 4 is 17.4 Å². The average molecular weight is 329 g/mol. The molecule has 0 radical (unpaired) electrons. The minimum atomic E-state index is -0.941. The van der Waals surface area contributed by atoms with Gasteiger partial charge in [0.1, 0.15) is 18.2 Å². The lowest BCUT2D eigenvalue weighted by Gasteiger charge is -2.20. The molecule has 1 aromatic carbocycles. The van der Waals surface area contributed by atoms with E-state index in [1.807, 2.05) is 6.92 Å². The Hall–Kier alpha value is -3.03. The van der Waals surface area contributed by atoms with E-state index in [9.17, 15) is 9.18 Å². The molecule has 0 saturated carbocycles. The van der Waals surface area contributed by atoms with Crippen molar-refractivity contribution in [3.05, 3.63) is 42.2 Å². The first kappa shape index (κ1) is 15.9. The Morgan fingerprint density at radius 2 is 2.04 bits per heavy atom. The van der Waals surface area contributed by atoms with Gasteiger partial charge in [-0.05, 0) is 30.7 Å². The van der Waals surface area contributed by atoms with E-state index < -0.39 is 11.8 Å². The van der Waals surface area contributed by atoms with Gasteiger partial charge >= 0.3 is 5.97 Å². The highest BCUT2D eigenvalue weighted by molar-refractivity contribution is 5.73. The number of rotatable bonds is 6. The molecule has 124 valence electrons. The highest BCUT2D eigenvalue weighted by atomic mass is 19.1. The zero-order chi connectivity index (χ0) is 17.1. The zero-order valence-electron chi connectivity index (χ0n) is 13.1. The molecule has 1 N–H and O–H groups in total. The Kier molecular flexibility index (Phi) is 4.37. The molecule has 0 aliphatic carbocycles. The van der Waals surface area contributed by atoms with Crippen LogP contribution in [0.5, 0.6) is 0 Å². The van der Waals surface area contributed by atoms with Crippen LogP contribution in [0.15, 0.2) is 36.4 Å². The molecule has 0 atom stereocenters. The molecule has 0 saturated heterocycles. The number of fused-ring (bicyclic) bond motifs is 1. The van der Waals surface area contributed by atoms with E-state index in [-0.39, 0.29) is 17.9 Å². The van der Waals surface area contributed by atoms with Crippen LogP contribution in [0.25, 0.3) is 17.0 Å². The van der Waals surface area contributed by atoms with Gasteiger partial charge in [-0.25, -0.2) is 4.39 Å². The first-order chi connectivity index (χ1) is 11.6. The fourth-order valence-corrected chi connectivity index (χ4v) is 2.47. The van der Waals surface area contributed by atoms with E-state index in [1.54, 1.807) is 35.2 Å². The predicted molar refractivity (Wildman–Crippen MR) is 86.3 cm³/mol. The fourth-order valence-electron chi connectivity index (χ4n) is 2.47. The van der Waals surface area contributed by atoms with Gasteiger partial charge in [-0.15, -0.1) is 15.3 Å². The monoisotopic (exact) mass is 329 g/mol. The van der Waals surface area contributed by atoms with Crippen molar-refractivity contribution in [2.75, 3.05) is 18.0 Å². The largest absolute Gasteiger partial charge is 0.480 e. The molecule has 0 aliphatic rings. The van der Waals surface area contributed by atoms with Crippen molar-refractivity contribution in [3.63, 3.8) is 0 Å². The molecule has 0 unspecified atom stereocenters. The van der Waals surface area contributed by atoms with Crippen LogP contribution in [0.4, 0.5) is 10.2 Å². The molecule has 3 rings (SSSR count). The maximum atomic E-state index is 14.0. The van der Waals surface area contributed by atoms with Gasteiger partial charge in [0.05, 0.1) is 5.56 Å². The Morgan fingerprint density at radius 1 is 1.25 bits per heavy atom. The van der Waals surface area contributed by atoms with Crippen molar-refractivity contribution in [2.24, 2.45) is 0 Å². The second-order valence-electron chi connectivity index (χ2n) is 5.28. The van der Waals surface area contributed by atoms with Crippen molar-refractivity contribution in [1.29, 1.82) is 0 Å².